The number of nitrogens with zero attached hydrogens (tertiary/aromatic N) is 2. The number of Topliss-reactive ketones (excluding diaryl/α,β-unsaturated/α-hetero) is 1. The molecule has 20 heavy (non-hydrogen) atoms. The average Bonchev–Trinajstić information content (AvgIpc) is 2.87. The van der Waals surface area contributed by atoms with Crippen molar-refractivity contribution in [2.75, 3.05) is 6.54 Å². The Morgan fingerprint density at radius 1 is 1.35 bits per heavy atom. The van der Waals surface area contributed by atoms with Gasteiger partial charge in [0, 0.05) is 18.1 Å². The molecule has 1 aromatic carbocycles. The fourth-order valence-electron chi connectivity index (χ4n) is 2.61. The van der Waals surface area contributed by atoms with Gasteiger partial charge in [0.1, 0.15) is 11.6 Å². The number of carbonyl (C=O) groups excluding carboxylic acids is 2. The van der Waals surface area contributed by atoms with E-state index in [-0.39, 0.29) is 11.7 Å². The second-order valence-corrected chi connectivity index (χ2v) is 4.80. The highest BCUT2D eigenvalue weighted by Gasteiger charge is 2.37. The van der Waals surface area contributed by atoms with E-state index in [0.717, 1.165) is 10.8 Å². The van der Waals surface area contributed by atoms with E-state index >= 15 is 0 Å². The van der Waals surface area contributed by atoms with Gasteiger partial charge < -0.3 is 4.90 Å². The molecule has 1 aliphatic heterocycles. The quantitative estimate of drug-likeness (QED) is 0.633. The fourth-order valence-corrected chi connectivity index (χ4v) is 2.61. The Bertz CT molecular complexity index is 703. The van der Waals surface area contributed by atoms with E-state index in [1.807, 2.05) is 30.3 Å². The molecule has 0 radical (unpaired) electrons. The number of pyridine rings is 1. The lowest BCUT2D eigenvalue weighted by molar-refractivity contribution is -0.127. The van der Waals surface area contributed by atoms with Crippen molar-refractivity contribution in [1.82, 2.24) is 9.88 Å². The molecule has 2 aromatic rings. The number of benzene rings is 1. The van der Waals surface area contributed by atoms with Crippen LogP contribution in [0.5, 0.6) is 0 Å². The zero-order chi connectivity index (χ0) is 14.1. The summed E-state index contributed by atoms with van der Waals surface area (Å²) in [6, 6.07) is 9.43. The first kappa shape index (κ1) is 12.5. The third-order valence-corrected chi connectivity index (χ3v) is 3.68. The predicted molar refractivity (Wildman–Crippen MR) is 76.1 cm³/mol. The molecule has 4 nitrogen and oxygen atoms in total. The smallest absolute Gasteiger partial charge is 0.237 e. The number of aromatic nitrogens is 1. The maximum absolute atomic E-state index is 12.6. The topological polar surface area (TPSA) is 50.3 Å². The van der Waals surface area contributed by atoms with Gasteiger partial charge in [0.25, 0.3) is 0 Å². The van der Waals surface area contributed by atoms with E-state index in [1.54, 1.807) is 6.20 Å². The zero-order valence-electron chi connectivity index (χ0n) is 11.0. The highest BCUT2D eigenvalue weighted by molar-refractivity contribution is 6.15. The summed E-state index contributed by atoms with van der Waals surface area (Å²) in [5.74, 6) is -1.01. The van der Waals surface area contributed by atoms with Gasteiger partial charge in [-0.3, -0.25) is 14.6 Å². The summed E-state index contributed by atoms with van der Waals surface area (Å²) in [5.41, 5.74) is 0.382. The minimum atomic E-state index is -0.633. The van der Waals surface area contributed by atoms with Gasteiger partial charge in [-0.2, -0.15) is 0 Å². The minimum absolute atomic E-state index is 0.181. The van der Waals surface area contributed by atoms with Crippen molar-refractivity contribution < 1.29 is 9.59 Å². The van der Waals surface area contributed by atoms with Gasteiger partial charge >= 0.3 is 0 Å². The van der Waals surface area contributed by atoms with Crippen molar-refractivity contribution in [2.45, 2.75) is 6.42 Å². The molecule has 4 heteroatoms. The Labute approximate surface area is 116 Å². The molecule has 1 aromatic heterocycles. The molecule has 0 N–H and O–H groups in total. The molecule has 0 saturated carbocycles. The summed E-state index contributed by atoms with van der Waals surface area (Å²) in [4.78, 5) is 30.4. The summed E-state index contributed by atoms with van der Waals surface area (Å²) < 4.78 is 0. The molecule has 2 heterocycles. The van der Waals surface area contributed by atoms with Crippen molar-refractivity contribution in [3.8, 4) is 0 Å². The van der Waals surface area contributed by atoms with E-state index in [1.165, 1.54) is 11.1 Å². The number of rotatable bonds is 3. The highest BCUT2D eigenvalue weighted by atomic mass is 16.2. The fraction of sp³-hybridized carbons (Fsp3) is 0.188. The van der Waals surface area contributed by atoms with Crippen molar-refractivity contribution in [1.29, 1.82) is 0 Å². The van der Waals surface area contributed by atoms with E-state index in [2.05, 4.69) is 11.6 Å². The van der Waals surface area contributed by atoms with Crippen LogP contribution in [0.3, 0.4) is 0 Å². The van der Waals surface area contributed by atoms with E-state index in [9.17, 15) is 9.59 Å². The van der Waals surface area contributed by atoms with E-state index in [0.29, 0.717) is 18.7 Å². The van der Waals surface area contributed by atoms with Crippen LogP contribution < -0.4 is 0 Å². The molecule has 0 aliphatic carbocycles. The second kappa shape index (κ2) is 4.89. The van der Waals surface area contributed by atoms with Crippen LogP contribution in [0.2, 0.25) is 0 Å². The molecule has 0 bridgehead atoms. The molecule has 1 aliphatic rings. The molecule has 1 amide bonds. The number of ketones is 1. The Morgan fingerprint density at radius 3 is 2.90 bits per heavy atom. The Morgan fingerprint density at radius 2 is 2.15 bits per heavy atom. The van der Waals surface area contributed by atoms with Gasteiger partial charge in [-0.25, -0.2) is 0 Å². The van der Waals surface area contributed by atoms with Crippen LogP contribution in [0.1, 0.15) is 16.9 Å². The van der Waals surface area contributed by atoms with Crippen LogP contribution in [0, 0.1) is 5.92 Å². The number of hydrogen-bond donors (Lipinski definition) is 0. The molecular weight excluding hydrogens is 252 g/mol. The Hall–Kier alpha value is -2.49. The Kier molecular flexibility index (Phi) is 3.06. The number of amides is 1. The average molecular weight is 266 g/mol. The molecular formula is C16H14N2O2. The second-order valence-electron chi connectivity index (χ2n) is 4.80. The predicted octanol–water partition coefficient (Wildman–Crippen LogP) is 2.41. The first-order chi connectivity index (χ1) is 9.72. The van der Waals surface area contributed by atoms with Gasteiger partial charge in [-0.05, 0) is 24.1 Å². The van der Waals surface area contributed by atoms with Crippen molar-refractivity contribution >= 4 is 22.5 Å². The summed E-state index contributed by atoms with van der Waals surface area (Å²) >= 11 is 0. The zero-order valence-corrected chi connectivity index (χ0v) is 11.0. The van der Waals surface area contributed by atoms with Gasteiger partial charge in [0.05, 0.1) is 0 Å². The van der Waals surface area contributed by atoms with Gasteiger partial charge in [-0.15, -0.1) is 0 Å². The van der Waals surface area contributed by atoms with Gasteiger partial charge in [0.15, 0.2) is 5.78 Å². The van der Waals surface area contributed by atoms with Gasteiger partial charge in [-0.1, -0.05) is 30.8 Å². The summed E-state index contributed by atoms with van der Waals surface area (Å²) in [6.07, 6.45) is 3.61. The molecule has 3 rings (SSSR count). The SMILES string of the molecule is C=CN1CCC(C(=O)c2nccc3ccccc23)C1=O. The van der Waals surface area contributed by atoms with Crippen LogP contribution in [-0.2, 0) is 4.79 Å². The Balaban J connectivity index is 2.02. The molecule has 1 atom stereocenters. The van der Waals surface area contributed by atoms with E-state index in [4.69, 9.17) is 0 Å². The van der Waals surface area contributed by atoms with Crippen LogP contribution in [0.15, 0.2) is 49.3 Å². The third-order valence-electron chi connectivity index (χ3n) is 3.68. The van der Waals surface area contributed by atoms with Crippen LogP contribution in [0.4, 0.5) is 0 Å². The van der Waals surface area contributed by atoms with Crippen LogP contribution in [-0.4, -0.2) is 28.1 Å². The molecule has 1 fully saturated rings. The maximum atomic E-state index is 12.6. The summed E-state index contributed by atoms with van der Waals surface area (Å²) in [5, 5.41) is 1.75. The monoisotopic (exact) mass is 266 g/mol. The molecule has 1 saturated heterocycles. The lowest BCUT2D eigenvalue weighted by atomic mass is 9.96. The van der Waals surface area contributed by atoms with Crippen molar-refractivity contribution in [3.05, 3.63) is 55.0 Å². The lowest BCUT2D eigenvalue weighted by Gasteiger charge is -2.11. The largest absolute Gasteiger partial charge is 0.319 e. The standard InChI is InChI=1S/C16H14N2O2/c1-2-18-10-8-13(16(18)20)15(19)14-12-6-4-3-5-11(12)7-9-17-14/h2-7,9,13H,1,8,10H2. The maximum Gasteiger partial charge on any atom is 0.237 e. The molecule has 100 valence electrons. The minimum Gasteiger partial charge on any atom is -0.319 e. The normalized spacial score (nSPS) is 18.5. The first-order valence-corrected chi connectivity index (χ1v) is 6.53. The number of fused-ring (bicyclic) bond motifs is 1. The highest BCUT2D eigenvalue weighted by Crippen LogP contribution is 2.25. The van der Waals surface area contributed by atoms with Crippen LogP contribution >= 0.6 is 0 Å². The van der Waals surface area contributed by atoms with Gasteiger partial charge in [0.2, 0.25) is 5.91 Å². The lowest BCUT2D eigenvalue weighted by Crippen LogP contribution is -2.27. The van der Waals surface area contributed by atoms with Crippen molar-refractivity contribution in [2.24, 2.45) is 5.92 Å². The summed E-state index contributed by atoms with van der Waals surface area (Å²) in [7, 11) is 0. The van der Waals surface area contributed by atoms with E-state index < -0.39 is 5.92 Å². The first-order valence-electron chi connectivity index (χ1n) is 6.53. The molecule has 0 spiro atoms. The molecule has 1 unspecified atom stereocenters. The third kappa shape index (κ3) is 1.90. The number of likely N-dealkylation sites (tertiary alicyclic amines) is 1. The van der Waals surface area contributed by atoms with Crippen LogP contribution in [0.25, 0.3) is 10.8 Å². The van der Waals surface area contributed by atoms with Crippen molar-refractivity contribution in [3.63, 3.8) is 0 Å². The number of hydrogen-bond acceptors (Lipinski definition) is 3. The number of carbonyl (C=O) groups is 2. The summed E-state index contributed by atoms with van der Waals surface area (Å²) in [6.45, 7) is 4.13.